The van der Waals surface area contributed by atoms with Crippen LogP contribution in [-0.2, 0) is 4.74 Å². The summed E-state index contributed by atoms with van der Waals surface area (Å²) in [4.78, 5) is 22.8. The molecule has 27 heavy (non-hydrogen) atoms. The van der Waals surface area contributed by atoms with Gasteiger partial charge in [-0.3, -0.25) is 9.69 Å². The zero-order valence-corrected chi connectivity index (χ0v) is 15.6. The van der Waals surface area contributed by atoms with Crippen molar-refractivity contribution >= 4 is 17.5 Å². The molecule has 1 saturated heterocycles. The molecule has 0 aliphatic carbocycles. The van der Waals surface area contributed by atoms with Gasteiger partial charge in [-0.1, -0.05) is 0 Å². The van der Waals surface area contributed by atoms with Crippen LogP contribution in [-0.4, -0.2) is 70.9 Å². The van der Waals surface area contributed by atoms with E-state index in [0.29, 0.717) is 31.3 Å². The van der Waals surface area contributed by atoms with Gasteiger partial charge in [0.05, 0.1) is 25.4 Å². The van der Waals surface area contributed by atoms with Gasteiger partial charge < -0.3 is 20.5 Å². The highest BCUT2D eigenvalue weighted by atomic mass is 16.5. The summed E-state index contributed by atoms with van der Waals surface area (Å²) in [5.41, 5.74) is 0.716. The molecule has 2 aromatic rings. The Labute approximate surface area is 158 Å². The Morgan fingerprint density at radius 1 is 1.33 bits per heavy atom. The van der Waals surface area contributed by atoms with Gasteiger partial charge in [0, 0.05) is 36.2 Å². The van der Waals surface area contributed by atoms with Crippen molar-refractivity contribution in [2.75, 3.05) is 38.7 Å². The summed E-state index contributed by atoms with van der Waals surface area (Å²) >= 11 is 0. The molecule has 2 heterocycles. The maximum Gasteiger partial charge on any atom is 0.251 e. The predicted molar refractivity (Wildman–Crippen MR) is 102 cm³/mol. The van der Waals surface area contributed by atoms with Gasteiger partial charge in [-0.05, 0) is 44.3 Å². The molecule has 0 spiro atoms. The van der Waals surface area contributed by atoms with Crippen molar-refractivity contribution in [2.45, 2.75) is 18.5 Å². The molecule has 2 atom stereocenters. The fourth-order valence-electron chi connectivity index (χ4n) is 3.03. The van der Waals surface area contributed by atoms with E-state index in [1.807, 2.05) is 14.0 Å². The first kappa shape index (κ1) is 19.2. The highest BCUT2D eigenvalue weighted by molar-refractivity contribution is 5.94. The number of hydrogen-bond donors (Lipinski definition) is 3. The molecule has 0 unspecified atom stereocenters. The van der Waals surface area contributed by atoms with Crippen LogP contribution in [0.1, 0.15) is 17.3 Å². The molecular formula is C19H25N5O3. The fraction of sp³-hybridized carbons (Fsp3) is 0.421. The van der Waals surface area contributed by atoms with Crippen LogP contribution in [0.5, 0.6) is 0 Å². The van der Waals surface area contributed by atoms with E-state index in [1.54, 1.807) is 42.7 Å². The van der Waals surface area contributed by atoms with Gasteiger partial charge in [0.25, 0.3) is 5.91 Å². The van der Waals surface area contributed by atoms with Crippen molar-refractivity contribution in [3.8, 4) is 0 Å². The van der Waals surface area contributed by atoms with Crippen molar-refractivity contribution in [1.29, 1.82) is 0 Å². The van der Waals surface area contributed by atoms with Gasteiger partial charge in [0.2, 0.25) is 5.95 Å². The number of ether oxygens (including phenoxy) is 1. The molecule has 0 bridgehead atoms. The normalized spacial score (nSPS) is 23.0. The standard InChI is InChI=1S/C19H25N5O3/c1-14-10-27-13-19(12-25,24(14)2)11-22-17(26)15-4-6-16(7-5-15)23-18-20-8-3-9-21-18/h3-9,14,25H,10-13H2,1-2H3,(H,22,26)(H,20,21,23)/t14-,19+/m1/s1. The minimum Gasteiger partial charge on any atom is -0.394 e. The molecule has 1 fully saturated rings. The second kappa shape index (κ2) is 8.43. The van der Waals surface area contributed by atoms with Gasteiger partial charge in [0.15, 0.2) is 0 Å². The van der Waals surface area contributed by atoms with Crippen LogP contribution in [0.15, 0.2) is 42.7 Å². The number of aliphatic hydroxyl groups excluding tert-OH is 1. The number of carbonyl (C=O) groups is 1. The van der Waals surface area contributed by atoms with Crippen LogP contribution in [0.2, 0.25) is 0 Å². The summed E-state index contributed by atoms with van der Waals surface area (Å²) in [6.07, 6.45) is 3.31. The molecule has 1 aromatic heterocycles. The molecule has 1 amide bonds. The number of carbonyl (C=O) groups excluding carboxylic acids is 1. The van der Waals surface area contributed by atoms with E-state index in [2.05, 4.69) is 25.5 Å². The monoisotopic (exact) mass is 371 g/mol. The molecule has 0 saturated carbocycles. The number of amides is 1. The molecule has 1 aliphatic heterocycles. The number of aliphatic hydroxyl groups is 1. The Hall–Kier alpha value is -2.55. The Balaban J connectivity index is 1.61. The van der Waals surface area contributed by atoms with Gasteiger partial charge in [-0.2, -0.15) is 0 Å². The Kier molecular flexibility index (Phi) is 6.00. The number of morpholine rings is 1. The lowest BCUT2D eigenvalue weighted by atomic mass is 9.96. The number of hydrogen-bond acceptors (Lipinski definition) is 7. The smallest absolute Gasteiger partial charge is 0.251 e. The topological polar surface area (TPSA) is 99.6 Å². The van der Waals surface area contributed by atoms with Crippen molar-refractivity contribution in [2.24, 2.45) is 0 Å². The molecule has 3 rings (SSSR count). The first-order chi connectivity index (χ1) is 13.0. The van der Waals surface area contributed by atoms with Crippen molar-refractivity contribution in [3.63, 3.8) is 0 Å². The highest BCUT2D eigenvalue weighted by Crippen LogP contribution is 2.22. The summed E-state index contributed by atoms with van der Waals surface area (Å²) in [6.45, 7) is 3.25. The molecule has 8 nitrogen and oxygen atoms in total. The third-order valence-corrected chi connectivity index (χ3v) is 4.98. The molecule has 1 aromatic carbocycles. The number of anilines is 2. The first-order valence-electron chi connectivity index (χ1n) is 8.88. The van der Waals surface area contributed by atoms with E-state index in [-0.39, 0.29) is 18.6 Å². The number of aromatic nitrogens is 2. The Morgan fingerprint density at radius 3 is 2.70 bits per heavy atom. The number of nitrogens with one attached hydrogen (secondary N) is 2. The van der Waals surface area contributed by atoms with Crippen LogP contribution < -0.4 is 10.6 Å². The van der Waals surface area contributed by atoms with E-state index in [9.17, 15) is 9.90 Å². The van der Waals surface area contributed by atoms with Crippen LogP contribution >= 0.6 is 0 Å². The lowest BCUT2D eigenvalue weighted by Gasteiger charge is -2.47. The van der Waals surface area contributed by atoms with Gasteiger partial charge >= 0.3 is 0 Å². The third kappa shape index (κ3) is 4.41. The van der Waals surface area contributed by atoms with Gasteiger partial charge in [0.1, 0.15) is 0 Å². The summed E-state index contributed by atoms with van der Waals surface area (Å²) < 4.78 is 5.60. The van der Waals surface area contributed by atoms with Crippen molar-refractivity contribution in [1.82, 2.24) is 20.2 Å². The first-order valence-corrected chi connectivity index (χ1v) is 8.88. The van der Waals surface area contributed by atoms with Crippen molar-refractivity contribution in [3.05, 3.63) is 48.3 Å². The highest BCUT2D eigenvalue weighted by Gasteiger charge is 2.40. The Morgan fingerprint density at radius 2 is 2.04 bits per heavy atom. The van der Waals surface area contributed by atoms with E-state index >= 15 is 0 Å². The zero-order valence-electron chi connectivity index (χ0n) is 15.6. The van der Waals surface area contributed by atoms with Crippen LogP contribution in [0.25, 0.3) is 0 Å². The van der Waals surface area contributed by atoms with E-state index < -0.39 is 5.54 Å². The lowest BCUT2D eigenvalue weighted by Crippen LogP contribution is -2.65. The maximum atomic E-state index is 12.5. The lowest BCUT2D eigenvalue weighted by molar-refractivity contribution is -0.105. The second-order valence-electron chi connectivity index (χ2n) is 6.81. The summed E-state index contributed by atoms with van der Waals surface area (Å²) in [5, 5.41) is 15.9. The van der Waals surface area contributed by atoms with E-state index in [1.165, 1.54) is 0 Å². The summed E-state index contributed by atoms with van der Waals surface area (Å²) in [6, 6.07) is 8.98. The largest absolute Gasteiger partial charge is 0.394 e. The predicted octanol–water partition coefficient (Wildman–Crippen LogP) is 1.03. The van der Waals surface area contributed by atoms with Gasteiger partial charge in [-0.15, -0.1) is 0 Å². The average Bonchev–Trinajstić information content (AvgIpc) is 2.70. The average molecular weight is 371 g/mol. The van der Waals surface area contributed by atoms with Crippen LogP contribution in [0.4, 0.5) is 11.6 Å². The minimum absolute atomic E-state index is 0.0892. The Bertz CT molecular complexity index is 756. The number of benzene rings is 1. The molecule has 8 heteroatoms. The molecule has 3 N–H and O–H groups in total. The third-order valence-electron chi connectivity index (χ3n) is 4.98. The number of nitrogens with zero attached hydrogens (tertiary/aromatic N) is 3. The molecular weight excluding hydrogens is 346 g/mol. The molecule has 1 aliphatic rings. The molecule has 144 valence electrons. The van der Waals surface area contributed by atoms with Gasteiger partial charge in [-0.25, -0.2) is 9.97 Å². The quantitative estimate of drug-likeness (QED) is 0.697. The fourth-order valence-corrected chi connectivity index (χ4v) is 3.03. The number of likely N-dealkylation sites (N-methyl/N-ethyl adjacent to an activating group) is 1. The maximum absolute atomic E-state index is 12.5. The summed E-state index contributed by atoms with van der Waals surface area (Å²) in [5.74, 6) is 0.297. The van der Waals surface area contributed by atoms with Crippen molar-refractivity contribution < 1.29 is 14.6 Å². The summed E-state index contributed by atoms with van der Waals surface area (Å²) in [7, 11) is 1.95. The minimum atomic E-state index is -0.612. The SMILES string of the molecule is C[C@@H]1COC[C@@](CO)(CNC(=O)c2ccc(Nc3ncccn3)cc2)N1C. The second-order valence-corrected chi connectivity index (χ2v) is 6.81. The van der Waals surface area contributed by atoms with Crippen LogP contribution in [0, 0.1) is 0 Å². The van der Waals surface area contributed by atoms with Crippen LogP contribution in [0.3, 0.4) is 0 Å². The van der Waals surface area contributed by atoms with E-state index in [4.69, 9.17) is 4.74 Å². The van der Waals surface area contributed by atoms with E-state index in [0.717, 1.165) is 5.69 Å². The number of rotatable bonds is 6. The zero-order chi connectivity index (χ0) is 19.3. The molecule has 0 radical (unpaired) electrons.